The Morgan fingerprint density at radius 3 is 2.94 bits per heavy atom. The van der Waals surface area contributed by atoms with Crippen LogP contribution >= 0.6 is 0 Å². The van der Waals surface area contributed by atoms with Crippen molar-refractivity contribution in [3.63, 3.8) is 0 Å². The van der Waals surface area contributed by atoms with Crippen LogP contribution in [0.1, 0.15) is 46.0 Å². The molecule has 0 heterocycles. The first-order valence-electron chi connectivity index (χ1n) is 6.37. The van der Waals surface area contributed by atoms with Gasteiger partial charge in [-0.25, -0.2) is 0 Å². The van der Waals surface area contributed by atoms with Crippen molar-refractivity contribution >= 4 is 5.71 Å². The van der Waals surface area contributed by atoms with Gasteiger partial charge >= 0.3 is 0 Å². The Hall–Kier alpha value is -0.830. The minimum absolute atomic E-state index is 0.111. The summed E-state index contributed by atoms with van der Waals surface area (Å²) in [5.74, 6) is 0.409. The molecule has 0 aliphatic heterocycles. The highest BCUT2D eigenvalue weighted by molar-refractivity contribution is 5.96. The van der Waals surface area contributed by atoms with E-state index in [0.717, 1.165) is 37.8 Å². The Morgan fingerprint density at radius 2 is 2.19 bits per heavy atom. The average Bonchev–Trinajstić information content (AvgIpc) is 2.26. The number of aliphatic hydroxyl groups is 1. The molecule has 0 bridgehead atoms. The van der Waals surface area contributed by atoms with Gasteiger partial charge in [0.1, 0.15) is 0 Å². The summed E-state index contributed by atoms with van der Waals surface area (Å²) in [6, 6.07) is 0.389. The van der Waals surface area contributed by atoms with E-state index in [9.17, 15) is 5.11 Å². The summed E-state index contributed by atoms with van der Waals surface area (Å²) in [7, 11) is 0. The molecule has 3 nitrogen and oxygen atoms in total. The van der Waals surface area contributed by atoms with Crippen LogP contribution in [0.15, 0.2) is 16.8 Å². The van der Waals surface area contributed by atoms with Crippen molar-refractivity contribution < 1.29 is 5.11 Å². The molecule has 2 aliphatic carbocycles. The number of hydrazone groups is 1. The number of rotatable bonds is 2. The molecule has 3 heteroatoms. The molecule has 0 amide bonds. The third kappa shape index (κ3) is 2.64. The van der Waals surface area contributed by atoms with Gasteiger partial charge in [0, 0.05) is 12.0 Å². The Morgan fingerprint density at radius 1 is 1.38 bits per heavy atom. The lowest BCUT2D eigenvalue weighted by Crippen LogP contribution is -2.30. The number of allylic oxidation sites excluding steroid dienone is 1. The Bertz CT molecular complexity index is 307. The summed E-state index contributed by atoms with van der Waals surface area (Å²) in [5.41, 5.74) is 5.66. The van der Waals surface area contributed by atoms with Crippen molar-refractivity contribution in [2.24, 2.45) is 11.0 Å². The fourth-order valence-electron chi connectivity index (χ4n) is 2.60. The van der Waals surface area contributed by atoms with Crippen molar-refractivity contribution in [2.45, 2.75) is 58.1 Å². The molecular weight excluding hydrogens is 200 g/mol. The highest BCUT2D eigenvalue weighted by Gasteiger charge is 2.30. The lowest BCUT2D eigenvalue weighted by atomic mass is 9.75. The number of nitrogens with one attached hydrogen (secondary N) is 1. The quantitative estimate of drug-likeness (QED) is 0.704. The third-order valence-corrected chi connectivity index (χ3v) is 3.44. The first-order valence-corrected chi connectivity index (χ1v) is 6.37. The largest absolute Gasteiger partial charge is 0.393 e. The molecule has 2 aliphatic rings. The van der Waals surface area contributed by atoms with Crippen LogP contribution in [0.25, 0.3) is 0 Å². The molecule has 0 spiro atoms. The number of fused-ring (bicyclic) bond motifs is 1. The van der Waals surface area contributed by atoms with Crippen LogP contribution in [0.2, 0.25) is 0 Å². The van der Waals surface area contributed by atoms with Crippen LogP contribution in [0.4, 0.5) is 0 Å². The van der Waals surface area contributed by atoms with Crippen LogP contribution < -0.4 is 5.43 Å². The molecule has 1 fully saturated rings. The zero-order valence-corrected chi connectivity index (χ0v) is 10.2. The molecule has 90 valence electrons. The van der Waals surface area contributed by atoms with E-state index in [2.05, 4.69) is 30.5 Å². The van der Waals surface area contributed by atoms with Gasteiger partial charge in [-0.15, -0.1) is 0 Å². The fraction of sp³-hybridized carbons (Fsp3) is 0.769. The van der Waals surface area contributed by atoms with Crippen LogP contribution in [0.3, 0.4) is 0 Å². The smallest absolute Gasteiger partial charge is 0.0605 e. The molecular formula is C13H22N2O. The summed E-state index contributed by atoms with van der Waals surface area (Å²) in [6.45, 7) is 4.18. The molecule has 2 rings (SSSR count). The van der Waals surface area contributed by atoms with Gasteiger partial charge in [0.2, 0.25) is 0 Å². The van der Waals surface area contributed by atoms with Crippen LogP contribution in [0.5, 0.6) is 0 Å². The van der Waals surface area contributed by atoms with E-state index >= 15 is 0 Å². The van der Waals surface area contributed by atoms with Gasteiger partial charge in [-0.1, -0.05) is 5.57 Å². The lowest BCUT2D eigenvalue weighted by Gasteiger charge is -2.33. The zero-order valence-electron chi connectivity index (χ0n) is 10.2. The first-order chi connectivity index (χ1) is 7.66. The van der Waals surface area contributed by atoms with Crippen molar-refractivity contribution in [3.8, 4) is 0 Å². The van der Waals surface area contributed by atoms with E-state index < -0.39 is 0 Å². The van der Waals surface area contributed by atoms with Gasteiger partial charge < -0.3 is 10.5 Å². The minimum atomic E-state index is -0.111. The van der Waals surface area contributed by atoms with Gasteiger partial charge in [0.25, 0.3) is 0 Å². The summed E-state index contributed by atoms with van der Waals surface area (Å²) in [4.78, 5) is 0. The van der Waals surface area contributed by atoms with Crippen LogP contribution in [-0.2, 0) is 0 Å². The standard InChI is InChI=1S/C13H22N2O/c1-9(2)14-15-11-6-7-12-10(8-11)4-3-5-13(12)16/h8-9,12-14,16H,3-7H2,1-2H3. The molecule has 2 atom stereocenters. The van der Waals surface area contributed by atoms with E-state index in [0.29, 0.717) is 12.0 Å². The average molecular weight is 222 g/mol. The highest BCUT2D eigenvalue weighted by atomic mass is 16.3. The number of aliphatic hydroxyl groups excluding tert-OH is 1. The van der Waals surface area contributed by atoms with Crippen molar-refractivity contribution in [2.75, 3.05) is 0 Å². The van der Waals surface area contributed by atoms with Gasteiger partial charge in [-0.2, -0.15) is 5.10 Å². The van der Waals surface area contributed by atoms with Crippen LogP contribution in [0, 0.1) is 5.92 Å². The summed E-state index contributed by atoms with van der Waals surface area (Å²) >= 11 is 0. The summed E-state index contributed by atoms with van der Waals surface area (Å²) in [6.07, 6.45) is 7.37. The van der Waals surface area contributed by atoms with Crippen molar-refractivity contribution in [1.82, 2.24) is 5.43 Å². The molecule has 0 aromatic heterocycles. The molecule has 2 unspecified atom stereocenters. The maximum atomic E-state index is 9.91. The van der Waals surface area contributed by atoms with E-state index in [4.69, 9.17) is 0 Å². The predicted octanol–water partition coefficient (Wildman–Crippen LogP) is 2.22. The number of hydrogen-bond donors (Lipinski definition) is 2. The second kappa shape index (κ2) is 5.00. The summed E-state index contributed by atoms with van der Waals surface area (Å²) in [5, 5.41) is 14.3. The number of hydrogen-bond acceptors (Lipinski definition) is 3. The first kappa shape index (κ1) is 11.6. The van der Waals surface area contributed by atoms with Gasteiger partial charge in [0.15, 0.2) is 0 Å². The molecule has 16 heavy (non-hydrogen) atoms. The third-order valence-electron chi connectivity index (χ3n) is 3.44. The van der Waals surface area contributed by atoms with E-state index in [1.807, 2.05) is 0 Å². The minimum Gasteiger partial charge on any atom is -0.393 e. The monoisotopic (exact) mass is 222 g/mol. The second-order valence-electron chi connectivity index (χ2n) is 5.21. The van der Waals surface area contributed by atoms with Gasteiger partial charge in [-0.3, -0.25) is 0 Å². The maximum Gasteiger partial charge on any atom is 0.0605 e. The number of nitrogens with zero attached hydrogens (tertiary/aromatic N) is 1. The molecule has 1 saturated carbocycles. The van der Waals surface area contributed by atoms with E-state index in [1.165, 1.54) is 5.57 Å². The maximum absolute atomic E-state index is 9.91. The summed E-state index contributed by atoms with van der Waals surface area (Å²) < 4.78 is 0. The Balaban J connectivity index is 2.06. The van der Waals surface area contributed by atoms with E-state index in [1.54, 1.807) is 0 Å². The predicted molar refractivity (Wildman–Crippen MR) is 66.4 cm³/mol. The topological polar surface area (TPSA) is 44.6 Å². The highest BCUT2D eigenvalue weighted by Crippen LogP contribution is 2.35. The Kier molecular flexibility index (Phi) is 3.64. The van der Waals surface area contributed by atoms with Crippen LogP contribution in [-0.4, -0.2) is 23.0 Å². The van der Waals surface area contributed by atoms with Crippen molar-refractivity contribution in [1.29, 1.82) is 0 Å². The molecule has 2 N–H and O–H groups in total. The molecule has 0 aromatic carbocycles. The van der Waals surface area contributed by atoms with Gasteiger partial charge in [-0.05, 0) is 52.0 Å². The molecule has 0 saturated heterocycles. The zero-order chi connectivity index (χ0) is 11.5. The fourth-order valence-corrected chi connectivity index (χ4v) is 2.60. The normalized spacial score (nSPS) is 32.5. The molecule has 0 aromatic rings. The second-order valence-corrected chi connectivity index (χ2v) is 5.21. The van der Waals surface area contributed by atoms with Gasteiger partial charge in [0.05, 0.1) is 11.8 Å². The molecule has 0 radical (unpaired) electrons. The Labute approximate surface area is 97.6 Å². The van der Waals surface area contributed by atoms with E-state index in [-0.39, 0.29) is 6.10 Å². The lowest BCUT2D eigenvalue weighted by molar-refractivity contribution is 0.0933. The van der Waals surface area contributed by atoms with Crippen molar-refractivity contribution in [3.05, 3.63) is 11.6 Å². The SMILES string of the molecule is CC(C)NN=C1C=C2CCCC(O)C2CC1.